The number of carbonyl (C=O) groups is 1. The van der Waals surface area contributed by atoms with Crippen molar-refractivity contribution in [3.05, 3.63) is 52.2 Å². The average molecular weight is 460 g/mol. The highest BCUT2D eigenvalue weighted by Crippen LogP contribution is 2.34. The molecule has 2 aliphatic heterocycles. The van der Waals surface area contributed by atoms with E-state index in [0.717, 1.165) is 49.1 Å². The topological polar surface area (TPSA) is 114 Å². The van der Waals surface area contributed by atoms with Crippen molar-refractivity contribution >= 4 is 34.7 Å². The van der Waals surface area contributed by atoms with Crippen molar-refractivity contribution in [2.24, 2.45) is 4.99 Å². The average Bonchev–Trinajstić information content (AvgIpc) is 3.62. The van der Waals surface area contributed by atoms with Crippen molar-refractivity contribution in [3.63, 3.8) is 0 Å². The standard InChI is InChI=1S/C24H25N7O3/c1-2-31-22-21-19(26-13-27-22)7-14(8-20(21)29-24(31)33)10-30-11-17(12-30)34-16-5-6-18(25-9-16)23(32)28-15-3-4-15/h5-9,13,15,17H,2-4,10-12H2,1H3,(H,26,27)(H,28,32). The Labute approximate surface area is 195 Å². The van der Waals surface area contributed by atoms with Gasteiger partial charge in [0.05, 0.1) is 29.1 Å². The van der Waals surface area contributed by atoms with Crippen molar-refractivity contribution in [1.29, 1.82) is 0 Å². The van der Waals surface area contributed by atoms with E-state index >= 15 is 0 Å². The molecule has 1 aliphatic carbocycles. The lowest BCUT2D eigenvalue weighted by molar-refractivity contribution is 0.0144. The number of aromatic nitrogens is 3. The first-order valence-corrected chi connectivity index (χ1v) is 11.6. The van der Waals surface area contributed by atoms with Gasteiger partial charge in [0, 0.05) is 32.2 Å². The maximum Gasteiger partial charge on any atom is 0.349 e. The number of amides is 1. The van der Waals surface area contributed by atoms with Crippen LogP contribution in [-0.4, -0.2) is 56.9 Å². The Hall–Kier alpha value is -3.79. The third-order valence-electron chi connectivity index (χ3n) is 6.34. The summed E-state index contributed by atoms with van der Waals surface area (Å²) in [7, 11) is 0. The Morgan fingerprint density at radius 1 is 1.26 bits per heavy atom. The van der Waals surface area contributed by atoms with Crippen molar-refractivity contribution < 1.29 is 9.53 Å². The Kier molecular flexibility index (Phi) is 5.02. The monoisotopic (exact) mass is 459 g/mol. The Morgan fingerprint density at radius 3 is 2.85 bits per heavy atom. The van der Waals surface area contributed by atoms with Crippen molar-refractivity contribution in [2.75, 3.05) is 18.4 Å². The second kappa shape index (κ2) is 8.21. The molecule has 1 saturated carbocycles. The van der Waals surface area contributed by atoms with Crippen LogP contribution in [0.1, 0.15) is 35.8 Å². The van der Waals surface area contributed by atoms with Gasteiger partial charge in [0.25, 0.3) is 5.91 Å². The zero-order chi connectivity index (χ0) is 23.2. The number of hydrogen-bond acceptors (Lipinski definition) is 8. The molecule has 1 aromatic carbocycles. The molecule has 3 aliphatic rings. The number of anilines is 1. The van der Waals surface area contributed by atoms with Gasteiger partial charge in [0.2, 0.25) is 0 Å². The van der Waals surface area contributed by atoms with E-state index in [-0.39, 0.29) is 17.7 Å². The zero-order valence-corrected chi connectivity index (χ0v) is 18.8. The third kappa shape index (κ3) is 3.90. The fourth-order valence-corrected chi connectivity index (χ4v) is 4.43. The predicted octanol–water partition coefficient (Wildman–Crippen LogP) is 2.05. The highest BCUT2D eigenvalue weighted by Gasteiger charge is 2.29. The van der Waals surface area contributed by atoms with E-state index in [2.05, 4.69) is 36.6 Å². The van der Waals surface area contributed by atoms with E-state index in [0.29, 0.717) is 35.4 Å². The molecule has 2 N–H and O–H groups in total. The lowest BCUT2D eigenvalue weighted by Crippen LogP contribution is -2.53. The van der Waals surface area contributed by atoms with Gasteiger partial charge in [-0.05, 0) is 49.6 Å². The number of rotatable bonds is 7. The molecule has 2 fully saturated rings. The van der Waals surface area contributed by atoms with E-state index in [9.17, 15) is 9.59 Å². The molecule has 0 bridgehead atoms. The number of carbonyl (C=O) groups excluding carboxylic acids is 1. The fourth-order valence-electron chi connectivity index (χ4n) is 4.43. The van der Waals surface area contributed by atoms with E-state index in [1.807, 2.05) is 13.0 Å². The zero-order valence-electron chi connectivity index (χ0n) is 18.8. The van der Waals surface area contributed by atoms with Crippen LogP contribution in [0, 0.1) is 0 Å². The number of likely N-dealkylation sites (tertiary alicyclic amines) is 1. The lowest BCUT2D eigenvalue weighted by atomic mass is 10.1. The Morgan fingerprint density at radius 2 is 2.12 bits per heavy atom. The summed E-state index contributed by atoms with van der Waals surface area (Å²) in [4.78, 5) is 39.6. The van der Waals surface area contributed by atoms with Gasteiger partial charge in [-0.1, -0.05) is 0 Å². The number of pyridine rings is 1. The van der Waals surface area contributed by atoms with Gasteiger partial charge in [0.1, 0.15) is 23.4 Å². The molecule has 6 rings (SSSR count). The summed E-state index contributed by atoms with van der Waals surface area (Å²) in [6.45, 7) is 4.73. The second-order valence-corrected chi connectivity index (χ2v) is 8.96. The molecule has 174 valence electrons. The quantitative estimate of drug-likeness (QED) is 0.556. The van der Waals surface area contributed by atoms with Crippen LogP contribution in [0.15, 0.2) is 40.2 Å². The van der Waals surface area contributed by atoms with E-state index < -0.39 is 0 Å². The number of benzene rings is 1. The molecule has 0 atom stereocenters. The summed E-state index contributed by atoms with van der Waals surface area (Å²) in [6, 6.07) is 7.87. The van der Waals surface area contributed by atoms with E-state index in [4.69, 9.17) is 4.74 Å². The third-order valence-corrected chi connectivity index (χ3v) is 6.34. The Bertz CT molecular complexity index is 1360. The number of nitrogens with zero attached hydrogens (tertiary/aromatic N) is 5. The van der Waals surface area contributed by atoms with Crippen LogP contribution in [-0.2, 0) is 13.1 Å². The fraction of sp³-hybridized carbons (Fsp3) is 0.375. The summed E-state index contributed by atoms with van der Waals surface area (Å²) >= 11 is 0. The van der Waals surface area contributed by atoms with Crippen molar-refractivity contribution in [1.82, 2.24) is 24.8 Å². The molecule has 1 amide bonds. The maximum atomic E-state index is 12.4. The van der Waals surface area contributed by atoms with Crippen LogP contribution in [0.5, 0.6) is 5.75 Å². The number of hydrogen-bond donors (Lipinski definition) is 2. The van der Waals surface area contributed by atoms with Crippen molar-refractivity contribution in [2.45, 2.75) is 45.0 Å². The smallest absolute Gasteiger partial charge is 0.349 e. The van der Waals surface area contributed by atoms with Crippen LogP contribution in [0.2, 0.25) is 0 Å². The van der Waals surface area contributed by atoms with Crippen LogP contribution in [0.4, 0.5) is 11.5 Å². The van der Waals surface area contributed by atoms with Gasteiger partial charge in [-0.3, -0.25) is 14.3 Å². The van der Waals surface area contributed by atoms with Crippen LogP contribution >= 0.6 is 0 Å². The molecule has 0 radical (unpaired) electrons. The summed E-state index contributed by atoms with van der Waals surface area (Å²) < 4.78 is 7.59. The molecule has 34 heavy (non-hydrogen) atoms. The van der Waals surface area contributed by atoms with Crippen LogP contribution in [0.3, 0.4) is 0 Å². The minimum atomic E-state index is -0.283. The molecule has 10 heteroatoms. The minimum Gasteiger partial charge on any atom is -0.486 e. The molecular formula is C24H25N7O3. The van der Waals surface area contributed by atoms with Gasteiger partial charge in [-0.25, -0.2) is 14.8 Å². The van der Waals surface area contributed by atoms with Crippen LogP contribution in [0.25, 0.3) is 10.9 Å². The highest BCUT2D eigenvalue weighted by molar-refractivity contribution is 6.06. The van der Waals surface area contributed by atoms with E-state index in [1.54, 1.807) is 29.2 Å². The summed E-state index contributed by atoms with van der Waals surface area (Å²) in [5.74, 6) is 1.18. The molecule has 0 unspecified atom stereocenters. The Balaban J connectivity index is 1.09. The molecule has 3 aromatic rings. The molecule has 2 aromatic heterocycles. The van der Waals surface area contributed by atoms with Gasteiger partial charge < -0.3 is 15.4 Å². The summed E-state index contributed by atoms with van der Waals surface area (Å²) in [5.41, 5.74) is 2.78. The van der Waals surface area contributed by atoms with Gasteiger partial charge in [-0.15, -0.1) is 0 Å². The van der Waals surface area contributed by atoms with Gasteiger partial charge in [0.15, 0.2) is 0 Å². The first-order chi connectivity index (χ1) is 16.6. The maximum absolute atomic E-state index is 12.4. The summed E-state index contributed by atoms with van der Waals surface area (Å²) in [6.07, 6.45) is 5.39. The second-order valence-electron chi connectivity index (χ2n) is 8.96. The van der Waals surface area contributed by atoms with Crippen LogP contribution < -0.4 is 21.1 Å². The highest BCUT2D eigenvalue weighted by atomic mass is 16.5. The first-order valence-electron chi connectivity index (χ1n) is 11.6. The summed E-state index contributed by atoms with van der Waals surface area (Å²) in [5, 5.41) is 7.00. The normalized spacial score (nSPS) is 17.3. The number of nitrogens with one attached hydrogen (secondary N) is 2. The molecule has 4 heterocycles. The molecule has 1 saturated heterocycles. The minimum absolute atomic E-state index is 0.0680. The number of ether oxygens (including phenoxy) is 1. The van der Waals surface area contributed by atoms with Crippen molar-refractivity contribution in [3.8, 4) is 5.75 Å². The van der Waals surface area contributed by atoms with Gasteiger partial charge in [-0.2, -0.15) is 4.98 Å². The van der Waals surface area contributed by atoms with E-state index in [1.165, 1.54) is 0 Å². The van der Waals surface area contributed by atoms with Gasteiger partial charge >= 0.3 is 5.69 Å². The predicted molar refractivity (Wildman–Crippen MR) is 128 cm³/mol. The number of aliphatic imine (C=N–C) groups is 1. The largest absolute Gasteiger partial charge is 0.486 e. The molecular weight excluding hydrogens is 434 g/mol. The lowest BCUT2D eigenvalue weighted by Gasteiger charge is -2.39. The molecule has 0 spiro atoms. The first kappa shape index (κ1) is 20.8. The SMILES string of the molecule is CCn1c2c3c(cc(CN4CC(Oc5ccc(C(=O)NC6CC6)nc5)C4)cc3nc1=O)NC=N2. The molecule has 10 nitrogen and oxygen atoms in total.